The van der Waals surface area contributed by atoms with Crippen molar-refractivity contribution in [3.63, 3.8) is 0 Å². The Morgan fingerprint density at radius 2 is 1.72 bits per heavy atom. The van der Waals surface area contributed by atoms with Gasteiger partial charge in [-0.15, -0.1) is 0 Å². The Morgan fingerprint density at radius 1 is 0.972 bits per heavy atom. The van der Waals surface area contributed by atoms with Gasteiger partial charge in [0.1, 0.15) is 11.6 Å². The van der Waals surface area contributed by atoms with E-state index in [2.05, 4.69) is 24.8 Å². The Morgan fingerprint density at radius 3 is 2.44 bits per heavy atom. The first-order valence-electron chi connectivity index (χ1n) is 12.2. The molecule has 0 unspecified atom stereocenters. The first-order chi connectivity index (χ1) is 17.5. The number of nitrogens with one attached hydrogen (secondary N) is 1. The van der Waals surface area contributed by atoms with E-state index < -0.39 is 17.3 Å². The van der Waals surface area contributed by atoms with E-state index in [-0.39, 0.29) is 27.9 Å². The summed E-state index contributed by atoms with van der Waals surface area (Å²) in [5.41, 5.74) is 8.13. The van der Waals surface area contributed by atoms with E-state index in [1.165, 1.54) is 37.8 Å². The van der Waals surface area contributed by atoms with Crippen molar-refractivity contribution in [2.75, 3.05) is 43.4 Å². The van der Waals surface area contributed by atoms with Gasteiger partial charge in [0, 0.05) is 55.1 Å². The summed E-state index contributed by atoms with van der Waals surface area (Å²) < 4.78 is 29.9. The highest BCUT2D eigenvalue weighted by molar-refractivity contribution is 5.87. The van der Waals surface area contributed by atoms with E-state index in [1.807, 2.05) is 24.3 Å². The summed E-state index contributed by atoms with van der Waals surface area (Å²) in [6.45, 7) is 5.24. The Labute approximate surface area is 206 Å². The number of hydrogen-bond acceptors (Lipinski definition) is 6. The standard InChI is InChI=1S/C27H26F2N6O/c28-23-12-22-24(31-15-32-27(22)36)13-20(23)21-11-19(25(29)33-26(21)30)17-3-5-18(6-4-17)35-9-7-34(8-10-35)14-16-1-2-16/h3-6,11-13,15-16H,1-2,7-10,14H2,(H2,30,33)(H,31,32,36). The topological polar surface area (TPSA) is 91.1 Å². The van der Waals surface area contributed by atoms with Gasteiger partial charge in [-0.05, 0) is 54.7 Å². The second-order valence-corrected chi connectivity index (χ2v) is 9.62. The predicted molar refractivity (Wildman–Crippen MR) is 137 cm³/mol. The van der Waals surface area contributed by atoms with Crippen molar-refractivity contribution in [2.45, 2.75) is 12.8 Å². The van der Waals surface area contributed by atoms with E-state index >= 15 is 0 Å². The summed E-state index contributed by atoms with van der Waals surface area (Å²) in [5.74, 6) is -0.636. The zero-order valence-electron chi connectivity index (χ0n) is 19.7. The minimum Gasteiger partial charge on any atom is -0.383 e. The largest absolute Gasteiger partial charge is 0.383 e. The summed E-state index contributed by atoms with van der Waals surface area (Å²) in [6.07, 6.45) is 3.98. The molecule has 2 aromatic heterocycles. The van der Waals surface area contributed by atoms with Crippen LogP contribution in [0.15, 0.2) is 53.6 Å². The molecule has 0 atom stereocenters. The van der Waals surface area contributed by atoms with Gasteiger partial charge in [-0.1, -0.05) is 12.1 Å². The second-order valence-electron chi connectivity index (χ2n) is 9.62. The number of hydrogen-bond donors (Lipinski definition) is 2. The quantitative estimate of drug-likeness (QED) is 0.412. The Kier molecular flexibility index (Phi) is 5.64. The molecule has 2 fully saturated rings. The summed E-state index contributed by atoms with van der Waals surface area (Å²) in [7, 11) is 0. The Balaban J connectivity index is 1.28. The van der Waals surface area contributed by atoms with Crippen LogP contribution in [0.2, 0.25) is 0 Å². The third kappa shape index (κ3) is 4.30. The van der Waals surface area contributed by atoms with E-state index in [1.54, 1.807) is 0 Å². The number of fused-ring (bicyclic) bond motifs is 1. The number of halogens is 2. The number of aromatic nitrogens is 3. The van der Waals surface area contributed by atoms with Crippen LogP contribution in [0.5, 0.6) is 0 Å². The van der Waals surface area contributed by atoms with Crippen LogP contribution in [0.25, 0.3) is 33.2 Å². The number of nitrogens with two attached hydrogens (primary N) is 1. The number of pyridine rings is 1. The Hall–Kier alpha value is -3.85. The first kappa shape index (κ1) is 22.6. The van der Waals surface area contributed by atoms with Gasteiger partial charge < -0.3 is 15.6 Å². The fraction of sp³-hybridized carbons (Fsp3) is 0.296. The number of nitrogens with zero attached hydrogens (tertiary/aromatic N) is 4. The molecular weight excluding hydrogens is 462 g/mol. The van der Waals surface area contributed by atoms with Crippen LogP contribution in [0.1, 0.15) is 12.8 Å². The molecule has 3 heterocycles. The molecular formula is C27H26F2N6O. The molecule has 9 heteroatoms. The van der Waals surface area contributed by atoms with Crippen LogP contribution in [0, 0.1) is 17.7 Å². The van der Waals surface area contributed by atoms with Crippen LogP contribution >= 0.6 is 0 Å². The lowest BCUT2D eigenvalue weighted by Gasteiger charge is -2.36. The van der Waals surface area contributed by atoms with Gasteiger partial charge in [0.15, 0.2) is 0 Å². The molecule has 4 aromatic rings. The molecule has 0 spiro atoms. The number of anilines is 2. The average Bonchev–Trinajstić information content (AvgIpc) is 3.69. The highest BCUT2D eigenvalue weighted by Gasteiger charge is 2.26. The fourth-order valence-electron chi connectivity index (χ4n) is 4.92. The van der Waals surface area contributed by atoms with Crippen LogP contribution in [0.3, 0.4) is 0 Å². The van der Waals surface area contributed by atoms with Crippen molar-refractivity contribution < 1.29 is 8.78 Å². The number of benzene rings is 2. The molecule has 2 aliphatic rings. The maximum Gasteiger partial charge on any atom is 0.258 e. The molecule has 36 heavy (non-hydrogen) atoms. The zero-order valence-corrected chi connectivity index (χ0v) is 19.7. The van der Waals surface area contributed by atoms with Gasteiger partial charge >= 0.3 is 0 Å². The highest BCUT2D eigenvalue weighted by Crippen LogP contribution is 2.35. The predicted octanol–water partition coefficient (Wildman–Crippen LogP) is 4.04. The third-order valence-corrected chi connectivity index (χ3v) is 7.15. The minimum absolute atomic E-state index is 0.104. The molecule has 2 aromatic carbocycles. The monoisotopic (exact) mass is 488 g/mol. The summed E-state index contributed by atoms with van der Waals surface area (Å²) in [6, 6.07) is 11.7. The first-order valence-corrected chi connectivity index (χ1v) is 12.2. The zero-order chi connectivity index (χ0) is 24.8. The normalized spacial score (nSPS) is 16.6. The van der Waals surface area contributed by atoms with E-state index in [9.17, 15) is 13.6 Å². The number of nitrogen functional groups attached to an aromatic ring is 1. The SMILES string of the molecule is Nc1nc(F)c(-c2ccc(N3CCN(CC4CC4)CC3)cc2)cc1-c1cc2nc[nH]c(=O)c2cc1F. The van der Waals surface area contributed by atoms with Crippen molar-refractivity contribution >= 4 is 22.4 Å². The summed E-state index contributed by atoms with van der Waals surface area (Å²) in [4.78, 5) is 27.2. The maximum absolute atomic E-state index is 15.0. The van der Waals surface area contributed by atoms with E-state index in [0.717, 1.165) is 43.9 Å². The molecule has 184 valence electrons. The molecule has 0 amide bonds. The Bertz CT molecular complexity index is 1490. The lowest BCUT2D eigenvalue weighted by Crippen LogP contribution is -2.47. The van der Waals surface area contributed by atoms with Gasteiger partial charge in [0.25, 0.3) is 5.56 Å². The number of piperazine rings is 1. The second kappa shape index (κ2) is 8.98. The van der Waals surface area contributed by atoms with Crippen molar-refractivity contribution in [1.82, 2.24) is 19.9 Å². The van der Waals surface area contributed by atoms with Crippen LogP contribution in [0.4, 0.5) is 20.3 Å². The number of H-pyrrole nitrogens is 1. The third-order valence-electron chi connectivity index (χ3n) is 7.15. The van der Waals surface area contributed by atoms with Crippen LogP contribution in [-0.2, 0) is 0 Å². The average molecular weight is 489 g/mol. The van der Waals surface area contributed by atoms with Crippen molar-refractivity contribution in [1.29, 1.82) is 0 Å². The van der Waals surface area contributed by atoms with Gasteiger partial charge in [-0.3, -0.25) is 9.69 Å². The number of aromatic amines is 1. The molecule has 0 bridgehead atoms. The van der Waals surface area contributed by atoms with Crippen molar-refractivity contribution in [3.05, 3.63) is 70.9 Å². The summed E-state index contributed by atoms with van der Waals surface area (Å²) in [5, 5.41) is 0.122. The fourth-order valence-corrected chi connectivity index (χ4v) is 4.92. The molecule has 7 nitrogen and oxygen atoms in total. The van der Waals surface area contributed by atoms with Crippen LogP contribution < -0.4 is 16.2 Å². The van der Waals surface area contributed by atoms with Crippen molar-refractivity contribution in [3.8, 4) is 22.3 Å². The molecule has 1 saturated heterocycles. The van der Waals surface area contributed by atoms with Gasteiger partial charge in [-0.2, -0.15) is 4.39 Å². The smallest absolute Gasteiger partial charge is 0.258 e. The van der Waals surface area contributed by atoms with Crippen LogP contribution in [-0.4, -0.2) is 52.6 Å². The van der Waals surface area contributed by atoms with E-state index in [4.69, 9.17) is 5.73 Å². The van der Waals surface area contributed by atoms with Gasteiger partial charge in [0.2, 0.25) is 5.95 Å². The maximum atomic E-state index is 15.0. The number of rotatable bonds is 5. The molecule has 3 N–H and O–H groups in total. The molecule has 0 radical (unpaired) electrons. The lowest BCUT2D eigenvalue weighted by atomic mass is 9.99. The van der Waals surface area contributed by atoms with Gasteiger partial charge in [0.05, 0.1) is 17.2 Å². The molecule has 1 aliphatic heterocycles. The molecule has 1 saturated carbocycles. The highest BCUT2D eigenvalue weighted by atomic mass is 19.1. The summed E-state index contributed by atoms with van der Waals surface area (Å²) >= 11 is 0. The molecule has 6 rings (SSSR count). The lowest BCUT2D eigenvalue weighted by molar-refractivity contribution is 0.248. The molecule has 1 aliphatic carbocycles. The van der Waals surface area contributed by atoms with Gasteiger partial charge in [-0.25, -0.2) is 14.4 Å². The van der Waals surface area contributed by atoms with Crippen molar-refractivity contribution in [2.24, 2.45) is 5.92 Å². The van der Waals surface area contributed by atoms with E-state index in [0.29, 0.717) is 11.1 Å². The minimum atomic E-state index is -0.728.